The van der Waals surface area contributed by atoms with Crippen LogP contribution in [-0.2, 0) is 9.53 Å². The van der Waals surface area contributed by atoms with Crippen molar-refractivity contribution in [3.05, 3.63) is 63.7 Å². The van der Waals surface area contributed by atoms with E-state index in [0.29, 0.717) is 11.5 Å². The summed E-state index contributed by atoms with van der Waals surface area (Å²) in [7, 11) is 0. The molecule has 2 aromatic rings. The maximum atomic E-state index is 11.8. The molecule has 0 saturated carbocycles. The van der Waals surface area contributed by atoms with E-state index in [2.05, 4.69) is 13.8 Å². The Kier molecular flexibility index (Phi) is 7.16. The third-order valence-corrected chi connectivity index (χ3v) is 3.80. The van der Waals surface area contributed by atoms with Crippen molar-refractivity contribution >= 4 is 11.7 Å². The third-order valence-electron chi connectivity index (χ3n) is 3.80. The van der Waals surface area contributed by atoms with Gasteiger partial charge in [0.15, 0.2) is 6.61 Å². The Morgan fingerprint density at radius 3 is 2.41 bits per heavy atom. The van der Waals surface area contributed by atoms with Gasteiger partial charge in [-0.25, -0.2) is 4.79 Å². The highest BCUT2D eigenvalue weighted by Crippen LogP contribution is 2.27. The predicted molar refractivity (Wildman–Crippen MR) is 100 cm³/mol. The minimum absolute atomic E-state index is 0.0113. The van der Waals surface area contributed by atoms with Gasteiger partial charge < -0.3 is 14.2 Å². The molecule has 0 amide bonds. The van der Waals surface area contributed by atoms with Crippen molar-refractivity contribution in [3.63, 3.8) is 0 Å². The lowest BCUT2D eigenvalue weighted by Gasteiger charge is -2.14. The molecule has 0 saturated heterocycles. The molecule has 0 radical (unpaired) electrons. The Bertz CT molecular complexity index is 786. The van der Waals surface area contributed by atoms with Gasteiger partial charge in [0.25, 0.3) is 5.69 Å². The summed E-state index contributed by atoms with van der Waals surface area (Å²) in [6.45, 7) is 6.11. The van der Waals surface area contributed by atoms with Crippen LogP contribution in [0.4, 0.5) is 5.69 Å². The molecule has 0 aliphatic rings. The first kappa shape index (κ1) is 20.2. The van der Waals surface area contributed by atoms with Crippen molar-refractivity contribution in [2.45, 2.75) is 26.7 Å². The summed E-state index contributed by atoms with van der Waals surface area (Å²) >= 11 is 0. The van der Waals surface area contributed by atoms with Crippen LogP contribution in [0.15, 0.2) is 42.5 Å². The van der Waals surface area contributed by atoms with Gasteiger partial charge in [0.05, 0.1) is 4.92 Å². The summed E-state index contributed by atoms with van der Waals surface area (Å²) in [5, 5.41) is 10.6. The number of rotatable bonds is 9. The van der Waals surface area contributed by atoms with Crippen LogP contribution in [0.2, 0.25) is 0 Å². The normalized spacial score (nSPS) is 10.5. The highest BCUT2D eigenvalue weighted by Gasteiger charge is 2.11. The van der Waals surface area contributed by atoms with Crippen LogP contribution in [0.1, 0.15) is 30.9 Å². The number of carbonyl (C=O) groups excluding carboxylic acids is 1. The lowest BCUT2D eigenvalue weighted by Crippen LogP contribution is -2.18. The molecule has 0 aliphatic carbocycles. The molecular weight excluding hydrogens is 350 g/mol. The fraction of sp³-hybridized carbons (Fsp3) is 0.350. The van der Waals surface area contributed by atoms with Gasteiger partial charge in [-0.3, -0.25) is 10.1 Å². The fourth-order valence-electron chi connectivity index (χ4n) is 2.40. The molecular formula is C20H23NO6. The second kappa shape index (κ2) is 9.56. The Hall–Kier alpha value is -3.09. The first-order chi connectivity index (χ1) is 12.9. The molecule has 0 bridgehead atoms. The highest BCUT2D eigenvalue weighted by molar-refractivity contribution is 5.71. The minimum Gasteiger partial charge on any atom is -0.490 e. The summed E-state index contributed by atoms with van der Waals surface area (Å²) in [5.41, 5.74) is 2.08. The molecule has 2 aromatic carbocycles. The zero-order chi connectivity index (χ0) is 19.8. The van der Waals surface area contributed by atoms with Crippen LogP contribution in [0.25, 0.3) is 0 Å². The lowest BCUT2D eigenvalue weighted by atomic mass is 10.0. The molecule has 0 spiro atoms. The van der Waals surface area contributed by atoms with Crippen molar-refractivity contribution in [1.82, 2.24) is 0 Å². The standard InChI is InChI=1S/C20H23NO6/c1-14(2)18-9-4-15(3)12-19(18)27-13-20(22)26-11-10-25-17-7-5-16(6-8-17)21(23)24/h4-9,12,14H,10-11,13H2,1-3H3. The Balaban J connectivity index is 1.74. The van der Waals surface area contributed by atoms with Crippen LogP contribution in [0, 0.1) is 17.0 Å². The summed E-state index contributed by atoms with van der Waals surface area (Å²) in [5.74, 6) is 0.948. The summed E-state index contributed by atoms with van der Waals surface area (Å²) in [4.78, 5) is 21.9. The number of nitrogens with zero attached hydrogens (tertiary/aromatic N) is 1. The number of ether oxygens (including phenoxy) is 3. The predicted octanol–water partition coefficient (Wildman–Crippen LogP) is 4.03. The van der Waals surface area contributed by atoms with Crippen molar-refractivity contribution in [3.8, 4) is 11.5 Å². The average Bonchev–Trinajstić information content (AvgIpc) is 2.63. The molecule has 0 atom stereocenters. The number of aryl methyl sites for hydroxylation is 1. The van der Waals surface area contributed by atoms with E-state index >= 15 is 0 Å². The molecule has 0 heterocycles. The SMILES string of the molecule is Cc1ccc(C(C)C)c(OCC(=O)OCCOc2ccc([N+](=O)[O-])cc2)c1. The van der Waals surface area contributed by atoms with E-state index < -0.39 is 10.9 Å². The molecule has 0 N–H and O–H groups in total. The molecule has 27 heavy (non-hydrogen) atoms. The van der Waals surface area contributed by atoms with Gasteiger partial charge in [0, 0.05) is 12.1 Å². The number of carbonyl (C=O) groups is 1. The molecule has 7 nitrogen and oxygen atoms in total. The maximum Gasteiger partial charge on any atom is 0.344 e. The first-order valence-corrected chi connectivity index (χ1v) is 8.63. The van der Waals surface area contributed by atoms with Crippen molar-refractivity contribution < 1.29 is 23.9 Å². The van der Waals surface area contributed by atoms with Crippen molar-refractivity contribution in [2.75, 3.05) is 19.8 Å². The fourth-order valence-corrected chi connectivity index (χ4v) is 2.40. The Morgan fingerprint density at radius 2 is 1.78 bits per heavy atom. The number of non-ortho nitro benzene ring substituents is 1. The van der Waals surface area contributed by atoms with Gasteiger partial charge in [0.2, 0.25) is 0 Å². The second-order valence-corrected chi connectivity index (χ2v) is 6.30. The van der Waals surface area contributed by atoms with E-state index in [4.69, 9.17) is 14.2 Å². The van der Waals surface area contributed by atoms with E-state index in [9.17, 15) is 14.9 Å². The van der Waals surface area contributed by atoms with Gasteiger partial charge in [-0.15, -0.1) is 0 Å². The number of hydrogen-bond donors (Lipinski definition) is 0. The Labute approximate surface area is 158 Å². The zero-order valence-corrected chi connectivity index (χ0v) is 15.6. The highest BCUT2D eigenvalue weighted by atomic mass is 16.6. The number of nitro benzene ring substituents is 1. The van der Waals surface area contributed by atoms with Crippen LogP contribution in [-0.4, -0.2) is 30.7 Å². The number of hydrogen-bond acceptors (Lipinski definition) is 6. The zero-order valence-electron chi connectivity index (χ0n) is 15.6. The number of benzene rings is 2. The molecule has 7 heteroatoms. The van der Waals surface area contributed by atoms with Crippen LogP contribution >= 0.6 is 0 Å². The van der Waals surface area contributed by atoms with E-state index in [1.54, 1.807) is 0 Å². The maximum absolute atomic E-state index is 11.8. The summed E-state index contributed by atoms with van der Waals surface area (Å²) in [6.07, 6.45) is 0. The molecule has 0 fully saturated rings. The monoisotopic (exact) mass is 373 g/mol. The lowest BCUT2D eigenvalue weighted by molar-refractivity contribution is -0.384. The molecule has 144 valence electrons. The molecule has 0 aliphatic heterocycles. The van der Waals surface area contributed by atoms with E-state index in [1.807, 2.05) is 25.1 Å². The average molecular weight is 373 g/mol. The quantitative estimate of drug-likeness (QED) is 0.285. The number of nitro groups is 1. The smallest absolute Gasteiger partial charge is 0.344 e. The van der Waals surface area contributed by atoms with E-state index in [1.165, 1.54) is 24.3 Å². The summed E-state index contributed by atoms with van der Waals surface area (Å²) < 4.78 is 16.1. The Morgan fingerprint density at radius 1 is 1.07 bits per heavy atom. The molecule has 0 aromatic heterocycles. The number of esters is 1. The van der Waals surface area contributed by atoms with E-state index in [0.717, 1.165) is 11.1 Å². The minimum atomic E-state index is -0.487. The first-order valence-electron chi connectivity index (χ1n) is 8.63. The van der Waals surface area contributed by atoms with E-state index in [-0.39, 0.29) is 31.4 Å². The van der Waals surface area contributed by atoms with Gasteiger partial charge in [-0.05, 0) is 42.2 Å². The largest absolute Gasteiger partial charge is 0.490 e. The second-order valence-electron chi connectivity index (χ2n) is 6.30. The molecule has 2 rings (SSSR count). The summed E-state index contributed by atoms with van der Waals surface area (Å²) in [6, 6.07) is 11.6. The van der Waals surface area contributed by atoms with Crippen molar-refractivity contribution in [1.29, 1.82) is 0 Å². The van der Waals surface area contributed by atoms with Gasteiger partial charge in [-0.1, -0.05) is 26.0 Å². The van der Waals surface area contributed by atoms with Gasteiger partial charge in [0.1, 0.15) is 24.7 Å². The van der Waals surface area contributed by atoms with Crippen LogP contribution < -0.4 is 9.47 Å². The van der Waals surface area contributed by atoms with Crippen molar-refractivity contribution in [2.24, 2.45) is 0 Å². The van der Waals surface area contributed by atoms with Crippen LogP contribution in [0.5, 0.6) is 11.5 Å². The van der Waals surface area contributed by atoms with Gasteiger partial charge >= 0.3 is 5.97 Å². The van der Waals surface area contributed by atoms with Crippen LogP contribution in [0.3, 0.4) is 0 Å². The topological polar surface area (TPSA) is 87.9 Å². The van der Waals surface area contributed by atoms with Gasteiger partial charge in [-0.2, -0.15) is 0 Å². The third kappa shape index (κ3) is 6.29. The molecule has 0 unspecified atom stereocenters.